The highest BCUT2D eigenvalue weighted by Crippen LogP contribution is 2.25. The molecule has 0 fully saturated rings. The first kappa shape index (κ1) is 13.4. The van der Waals surface area contributed by atoms with Crippen molar-refractivity contribution in [2.45, 2.75) is 0 Å². The van der Waals surface area contributed by atoms with Gasteiger partial charge in [0.2, 0.25) is 0 Å². The molecule has 1 aromatic heterocycles. The Kier molecular flexibility index (Phi) is 3.23. The van der Waals surface area contributed by atoms with Crippen LogP contribution in [0.3, 0.4) is 0 Å². The van der Waals surface area contributed by atoms with Crippen LogP contribution in [0.1, 0.15) is 10.4 Å². The molecule has 6 heteroatoms. The van der Waals surface area contributed by atoms with Crippen LogP contribution in [0.15, 0.2) is 47.3 Å². The number of fused-ring (bicyclic) bond motifs is 1. The van der Waals surface area contributed by atoms with E-state index in [4.69, 9.17) is 0 Å². The first-order valence-electron chi connectivity index (χ1n) is 6.14. The lowest BCUT2D eigenvalue weighted by Crippen LogP contribution is -2.11. The molecule has 21 heavy (non-hydrogen) atoms. The third kappa shape index (κ3) is 2.19. The van der Waals surface area contributed by atoms with Gasteiger partial charge < -0.3 is 9.84 Å². The molecule has 0 aliphatic carbocycles. The van der Waals surface area contributed by atoms with Gasteiger partial charge >= 0.3 is 5.97 Å². The maximum absolute atomic E-state index is 12.3. The summed E-state index contributed by atoms with van der Waals surface area (Å²) in [4.78, 5) is 23.8. The monoisotopic (exact) mass is 301 g/mol. The average molecular weight is 301 g/mol. The van der Waals surface area contributed by atoms with E-state index in [1.807, 2.05) is 12.1 Å². The minimum absolute atomic E-state index is 0.0652. The van der Waals surface area contributed by atoms with E-state index >= 15 is 0 Å². The maximum atomic E-state index is 12.3. The lowest BCUT2D eigenvalue weighted by molar-refractivity contribution is 0.0597. The van der Waals surface area contributed by atoms with Crippen LogP contribution < -0.4 is 5.56 Å². The molecule has 0 aliphatic heterocycles. The van der Waals surface area contributed by atoms with Crippen molar-refractivity contribution in [3.8, 4) is 11.4 Å². The van der Waals surface area contributed by atoms with Crippen molar-refractivity contribution in [1.82, 2.24) is 3.96 Å². The molecule has 0 unspecified atom stereocenters. The maximum Gasteiger partial charge on any atom is 0.341 e. The van der Waals surface area contributed by atoms with Gasteiger partial charge in [0.1, 0.15) is 11.3 Å². The Morgan fingerprint density at radius 1 is 1.24 bits per heavy atom. The fourth-order valence-electron chi connectivity index (χ4n) is 2.07. The predicted molar refractivity (Wildman–Crippen MR) is 80.4 cm³/mol. The van der Waals surface area contributed by atoms with Gasteiger partial charge in [-0.3, -0.25) is 4.79 Å². The summed E-state index contributed by atoms with van der Waals surface area (Å²) in [6.07, 6.45) is 0. The number of hydrogen-bond donors (Lipinski definition) is 1. The minimum Gasteiger partial charge on any atom is -0.507 e. The van der Waals surface area contributed by atoms with Crippen molar-refractivity contribution in [2.24, 2.45) is 0 Å². The summed E-state index contributed by atoms with van der Waals surface area (Å²) in [5.41, 5.74) is 0.419. The molecule has 0 radical (unpaired) electrons. The molecular weight excluding hydrogens is 290 g/mol. The Balaban J connectivity index is 2.15. The number of methoxy groups -OCH3 is 1. The highest BCUT2D eigenvalue weighted by atomic mass is 32.1. The van der Waals surface area contributed by atoms with Crippen LogP contribution in [0.5, 0.6) is 5.75 Å². The highest BCUT2D eigenvalue weighted by molar-refractivity contribution is 7.14. The quantitative estimate of drug-likeness (QED) is 0.739. The summed E-state index contributed by atoms with van der Waals surface area (Å²) in [6.45, 7) is 0. The third-order valence-electron chi connectivity index (χ3n) is 3.11. The number of aromatic hydroxyl groups is 1. The molecule has 3 aromatic rings. The van der Waals surface area contributed by atoms with E-state index < -0.39 is 5.97 Å². The van der Waals surface area contributed by atoms with Gasteiger partial charge in [-0.1, -0.05) is 23.7 Å². The number of ether oxygens (including phenoxy) is 1. The Bertz CT molecular complexity index is 894. The fourth-order valence-corrected chi connectivity index (χ4v) is 3.06. The van der Waals surface area contributed by atoms with E-state index in [2.05, 4.69) is 4.74 Å². The largest absolute Gasteiger partial charge is 0.507 e. The second kappa shape index (κ2) is 5.06. The van der Waals surface area contributed by atoms with Gasteiger partial charge in [-0.2, -0.15) is 0 Å². The molecule has 0 atom stereocenters. The van der Waals surface area contributed by atoms with Crippen molar-refractivity contribution in [2.75, 3.05) is 7.11 Å². The molecule has 0 saturated carbocycles. The van der Waals surface area contributed by atoms with Crippen molar-refractivity contribution in [3.05, 3.63) is 58.4 Å². The first-order chi connectivity index (χ1) is 10.1. The molecule has 1 heterocycles. The first-order valence-corrected chi connectivity index (χ1v) is 6.92. The molecule has 0 saturated heterocycles. The Morgan fingerprint density at radius 3 is 2.67 bits per heavy atom. The summed E-state index contributed by atoms with van der Waals surface area (Å²) < 4.78 is 6.91. The van der Waals surface area contributed by atoms with E-state index in [0.29, 0.717) is 11.1 Å². The summed E-state index contributed by atoms with van der Waals surface area (Å²) in [6, 6.07) is 11.7. The number of phenols is 1. The number of aromatic nitrogens is 1. The van der Waals surface area contributed by atoms with Crippen LogP contribution in [-0.2, 0) is 4.74 Å². The van der Waals surface area contributed by atoms with Crippen molar-refractivity contribution in [1.29, 1.82) is 0 Å². The number of hydrogen-bond acceptors (Lipinski definition) is 5. The highest BCUT2D eigenvalue weighted by Gasteiger charge is 2.14. The molecule has 0 spiro atoms. The van der Waals surface area contributed by atoms with Gasteiger partial charge in [0.15, 0.2) is 0 Å². The fraction of sp³-hybridized carbons (Fsp3) is 0.0667. The van der Waals surface area contributed by atoms with Gasteiger partial charge in [0, 0.05) is 6.07 Å². The summed E-state index contributed by atoms with van der Waals surface area (Å²) in [5.74, 6) is -0.841. The molecule has 1 N–H and O–H groups in total. The van der Waals surface area contributed by atoms with Gasteiger partial charge in [-0.25, -0.2) is 8.75 Å². The van der Waals surface area contributed by atoms with Crippen LogP contribution in [0, 0.1) is 0 Å². The normalized spacial score (nSPS) is 10.7. The molecule has 5 nitrogen and oxygen atoms in total. The number of phenolic OH excluding ortho intramolecular Hbond substituents is 1. The number of esters is 1. The zero-order valence-corrected chi connectivity index (χ0v) is 11.9. The number of carbonyl (C=O) groups is 1. The lowest BCUT2D eigenvalue weighted by Gasteiger charge is -2.05. The second-order valence-corrected chi connectivity index (χ2v) is 5.37. The van der Waals surface area contributed by atoms with Crippen LogP contribution in [0.25, 0.3) is 15.8 Å². The molecule has 0 amide bonds. The number of rotatable bonds is 2. The second-order valence-electron chi connectivity index (χ2n) is 4.38. The summed E-state index contributed by atoms with van der Waals surface area (Å²) >= 11 is 1.28. The van der Waals surface area contributed by atoms with E-state index in [9.17, 15) is 14.7 Å². The SMILES string of the molecule is COC(=O)c1ccc(-n2sc3ccccc3c2=O)cc1O. The van der Waals surface area contributed by atoms with Crippen molar-refractivity contribution >= 4 is 27.6 Å². The third-order valence-corrected chi connectivity index (χ3v) is 4.22. The average Bonchev–Trinajstić information content (AvgIpc) is 2.84. The molecule has 0 aliphatic rings. The van der Waals surface area contributed by atoms with E-state index in [1.54, 1.807) is 18.2 Å². The summed E-state index contributed by atoms with van der Waals surface area (Å²) in [7, 11) is 1.24. The van der Waals surface area contributed by atoms with E-state index in [-0.39, 0.29) is 16.9 Å². The van der Waals surface area contributed by atoms with E-state index in [0.717, 1.165) is 4.70 Å². The standard InChI is InChI=1S/C15H11NO4S/c1-20-15(19)10-7-6-9(8-12(10)17)16-14(18)11-4-2-3-5-13(11)21-16/h2-8,17H,1H3. The zero-order valence-electron chi connectivity index (χ0n) is 11.1. The van der Waals surface area contributed by atoms with Gasteiger partial charge in [-0.15, -0.1) is 0 Å². The van der Waals surface area contributed by atoms with Gasteiger partial charge in [0.05, 0.1) is 22.9 Å². The molecule has 2 aromatic carbocycles. The number of carbonyl (C=O) groups excluding carboxylic acids is 1. The smallest absolute Gasteiger partial charge is 0.341 e. The zero-order chi connectivity index (χ0) is 15.0. The minimum atomic E-state index is -0.622. The Labute approximate surface area is 123 Å². The van der Waals surface area contributed by atoms with Crippen LogP contribution >= 0.6 is 11.5 Å². The van der Waals surface area contributed by atoms with E-state index in [1.165, 1.54) is 34.7 Å². The van der Waals surface area contributed by atoms with Crippen LogP contribution in [-0.4, -0.2) is 22.1 Å². The van der Waals surface area contributed by atoms with Crippen molar-refractivity contribution in [3.63, 3.8) is 0 Å². The molecule has 3 rings (SSSR count). The number of nitrogens with zero attached hydrogens (tertiary/aromatic N) is 1. The predicted octanol–water partition coefficient (Wildman–Crippen LogP) is 2.54. The van der Waals surface area contributed by atoms with Crippen LogP contribution in [0.2, 0.25) is 0 Å². The van der Waals surface area contributed by atoms with Gasteiger partial charge in [0.25, 0.3) is 5.56 Å². The van der Waals surface area contributed by atoms with Crippen LogP contribution in [0.4, 0.5) is 0 Å². The lowest BCUT2D eigenvalue weighted by atomic mass is 10.2. The Hall–Kier alpha value is -2.60. The number of benzene rings is 2. The molecule has 106 valence electrons. The topological polar surface area (TPSA) is 68.5 Å². The molecular formula is C15H11NO4S. The molecule has 0 bridgehead atoms. The Morgan fingerprint density at radius 2 is 2.00 bits per heavy atom. The van der Waals surface area contributed by atoms with Gasteiger partial charge in [-0.05, 0) is 24.3 Å². The summed E-state index contributed by atoms with van der Waals surface area (Å²) in [5, 5.41) is 10.5. The van der Waals surface area contributed by atoms with Crippen molar-refractivity contribution < 1.29 is 14.6 Å².